The average molecular weight is 224 g/mol. The molecule has 0 bridgehead atoms. The summed E-state index contributed by atoms with van der Waals surface area (Å²) in [6.45, 7) is 0. The van der Waals surface area contributed by atoms with Crippen molar-refractivity contribution in [2.24, 2.45) is 16.0 Å². The molecule has 0 aliphatic carbocycles. The summed E-state index contributed by atoms with van der Waals surface area (Å²) in [5, 5.41) is 15.6. The molecule has 84 valence electrons. The third-order valence-electron chi connectivity index (χ3n) is 2.22. The normalized spacial score (nSPS) is 10.6. The highest BCUT2D eigenvalue weighted by Gasteiger charge is 2.02. The number of amidine groups is 1. The van der Waals surface area contributed by atoms with Crippen molar-refractivity contribution in [2.75, 3.05) is 0 Å². The number of nitrogen functional groups attached to an aromatic ring is 1. The van der Waals surface area contributed by atoms with Crippen LogP contribution in [0.25, 0.3) is 0 Å². The minimum Gasteiger partial charge on any atom is -0.384 e. The lowest BCUT2D eigenvalue weighted by Crippen LogP contribution is -2.10. The van der Waals surface area contributed by atoms with Crippen molar-refractivity contribution in [3.05, 3.63) is 60.2 Å². The average Bonchev–Trinajstić information content (AvgIpc) is 2.38. The second-order valence-corrected chi connectivity index (χ2v) is 3.47. The Morgan fingerprint density at radius 2 is 1.53 bits per heavy atom. The zero-order valence-electron chi connectivity index (χ0n) is 9.17. The molecular weight excluding hydrogens is 212 g/mol. The lowest BCUT2D eigenvalue weighted by atomic mass is 10.2. The summed E-state index contributed by atoms with van der Waals surface area (Å²) >= 11 is 0. The lowest BCUT2D eigenvalue weighted by molar-refractivity contribution is 1.22. The molecule has 4 heteroatoms. The van der Waals surface area contributed by atoms with E-state index in [0.29, 0.717) is 11.3 Å². The summed E-state index contributed by atoms with van der Waals surface area (Å²) in [4.78, 5) is 0. The van der Waals surface area contributed by atoms with E-state index in [1.54, 1.807) is 12.1 Å². The Morgan fingerprint density at radius 3 is 2.24 bits per heavy atom. The molecule has 4 nitrogen and oxygen atoms in total. The second kappa shape index (κ2) is 5.03. The number of hydrogen-bond acceptors (Lipinski definition) is 3. The quantitative estimate of drug-likeness (QED) is 0.468. The number of azo groups is 1. The number of hydrogen-bond donors (Lipinski definition) is 2. The van der Waals surface area contributed by atoms with Crippen LogP contribution in [0.15, 0.2) is 64.8 Å². The minimum atomic E-state index is -0.00684. The summed E-state index contributed by atoms with van der Waals surface area (Å²) < 4.78 is 0. The fourth-order valence-corrected chi connectivity index (χ4v) is 1.39. The van der Waals surface area contributed by atoms with Crippen LogP contribution in [0.4, 0.5) is 11.4 Å². The van der Waals surface area contributed by atoms with E-state index in [1.165, 1.54) is 0 Å². The van der Waals surface area contributed by atoms with Crippen LogP contribution < -0.4 is 5.73 Å². The van der Waals surface area contributed by atoms with Gasteiger partial charge in [0.1, 0.15) is 5.84 Å². The Bertz CT molecular complexity index is 546. The van der Waals surface area contributed by atoms with E-state index < -0.39 is 0 Å². The third kappa shape index (κ3) is 2.75. The van der Waals surface area contributed by atoms with Crippen molar-refractivity contribution in [3.63, 3.8) is 0 Å². The van der Waals surface area contributed by atoms with E-state index in [1.807, 2.05) is 42.5 Å². The first-order valence-corrected chi connectivity index (χ1v) is 5.17. The van der Waals surface area contributed by atoms with Crippen LogP contribution in [0, 0.1) is 5.41 Å². The Labute approximate surface area is 99.3 Å². The molecule has 0 radical (unpaired) electrons. The molecule has 0 fully saturated rings. The van der Waals surface area contributed by atoms with Crippen LogP contribution in [0.1, 0.15) is 5.56 Å². The van der Waals surface area contributed by atoms with Crippen LogP contribution in [-0.2, 0) is 0 Å². The fourth-order valence-electron chi connectivity index (χ4n) is 1.39. The smallest absolute Gasteiger partial charge is 0.125 e. The van der Waals surface area contributed by atoms with Gasteiger partial charge in [0.05, 0.1) is 11.4 Å². The molecule has 2 aromatic carbocycles. The Morgan fingerprint density at radius 1 is 0.882 bits per heavy atom. The van der Waals surface area contributed by atoms with Gasteiger partial charge in [0, 0.05) is 5.56 Å². The van der Waals surface area contributed by atoms with Gasteiger partial charge in [-0.2, -0.15) is 5.11 Å². The van der Waals surface area contributed by atoms with Crippen LogP contribution in [-0.4, -0.2) is 5.84 Å². The van der Waals surface area contributed by atoms with Crippen LogP contribution >= 0.6 is 0 Å². The highest BCUT2D eigenvalue weighted by Crippen LogP contribution is 2.21. The van der Waals surface area contributed by atoms with Crippen LogP contribution in [0.2, 0.25) is 0 Å². The van der Waals surface area contributed by atoms with Gasteiger partial charge in [0.25, 0.3) is 0 Å². The fraction of sp³-hybridized carbons (Fsp3) is 0. The lowest BCUT2D eigenvalue weighted by Gasteiger charge is -2.01. The number of benzene rings is 2. The molecule has 0 aromatic heterocycles. The second-order valence-electron chi connectivity index (χ2n) is 3.47. The van der Waals surface area contributed by atoms with E-state index >= 15 is 0 Å². The van der Waals surface area contributed by atoms with Crippen molar-refractivity contribution >= 4 is 17.2 Å². The maximum absolute atomic E-state index is 7.44. The van der Waals surface area contributed by atoms with Crippen molar-refractivity contribution in [1.82, 2.24) is 0 Å². The molecule has 2 rings (SSSR count). The summed E-state index contributed by atoms with van der Waals surface area (Å²) in [6, 6.07) is 16.6. The topological polar surface area (TPSA) is 74.6 Å². The van der Waals surface area contributed by atoms with Crippen molar-refractivity contribution in [2.45, 2.75) is 0 Å². The number of nitrogens with one attached hydrogen (secondary N) is 1. The number of rotatable bonds is 3. The van der Waals surface area contributed by atoms with Gasteiger partial charge in [-0.25, -0.2) is 0 Å². The zero-order chi connectivity index (χ0) is 12.1. The molecule has 2 aromatic rings. The van der Waals surface area contributed by atoms with Gasteiger partial charge < -0.3 is 5.73 Å². The first-order chi connectivity index (χ1) is 8.27. The Balaban J connectivity index is 2.30. The van der Waals surface area contributed by atoms with Crippen molar-refractivity contribution < 1.29 is 0 Å². The van der Waals surface area contributed by atoms with Gasteiger partial charge in [-0.15, -0.1) is 5.11 Å². The predicted molar refractivity (Wildman–Crippen MR) is 68.1 cm³/mol. The molecule has 0 aliphatic rings. The third-order valence-corrected chi connectivity index (χ3v) is 2.22. The summed E-state index contributed by atoms with van der Waals surface area (Å²) in [6.07, 6.45) is 0. The van der Waals surface area contributed by atoms with E-state index in [4.69, 9.17) is 11.1 Å². The predicted octanol–water partition coefficient (Wildman–Crippen LogP) is 3.39. The Hall–Kier alpha value is -2.49. The maximum Gasteiger partial charge on any atom is 0.125 e. The molecule has 0 unspecified atom stereocenters. The van der Waals surface area contributed by atoms with Crippen LogP contribution in [0.5, 0.6) is 0 Å². The summed E-state index contributed by atoms with van der Waals surface area (Å²) in [7, 11) is 0. The van der Waals surface area contributed by atoms with E-state index in [9.17, 15) is 0 Å². The molecule has 0 amide bonds. The molecular formula is C13H12N4. The van der Waals surface area contributed by atoms with Crippen molar-refractivity contribution in [3.8, 4) is 0 Å². The Kier molecular flexibility index (Phi) is 3.25. The highest BCUT2D eigenvalue weighted by molar-refractivity contribution is 5.99. The van der Waals surface area contributed by atoms with Gasteiger partial charge in [-0.1, -0.05) is 30.3 Å². The van der Waals surface area contributed by atoms with E-state index in [0.717, 1.165) is 5.69 Å². The van der Waals surface area contributed by atoms with Crippen molar-refractivity contribution in [1.29, 1.82) is 5.41 Å². The van der Waals surface area contributed by atoms with Gasteiger partial charge in [0.2, 0.25) is 0 Å². The molecule has 3 N–H and O–H groups in total. The van der Waals surface area contributed by atoms with Gasteiger partial charge in [-0.05, 0) is 24.3 Å². The van der Waals surface area contributed by atoms with E-state index in [2.05, 4.69) is 10.2 Å². The van der Waals surface area contributed by atoms with Crippen LogP contribution in [0.3, 0.4) is 0 Å². The SMILES string of the molecule is N=C(N)c1ccccc1N=Nc1ccccc1. The molecule has 17 heavy (non-hydrogen) atoms. The molecule has 0 spiro atoms. The minimum absolute atomic E-state index is 0.00684. The van der Waals surface area contributed by atoms with Gasteiger partial charge in [0.15, 0.2) is 0 Å². The molecule has 0 saturated carbocycles. The number of nitrogens with zero attached hydrogens (tertiary/aromatic N) is 2. The first kappa shape index (κ1) is 11.0. The molecule has 0 heterocycles. The standard InChI is InChI=1S/C13H12N4/c14-13(15)11-8-4-5-9-12(11)17-16-10-6-2-1-3-7-10/h1-9H,(H3,14,15). The van der Waals surface area contributed by atoms with Gasteiger partial charge >= 0.3 is 0 Å². The zero-order valence-corrected chi connectivity index (χ0v) is 9.17. The summed E-state index contributed by atoms with van der Waals surface area (Å²) in [5.74, 6) is -0.00684. The molecule has 0 aliphatic heterocycles. The maximum atomic E-state index is 7.44. The van der Waals surface area contributed by atoms with Gasteiger partial charge in [-0.3, -0.25) is 5.41 Å². The first-order valence-electron chi connectivity index (χ1n) is 5.17. The summed E-state index contributed by atoms with van der Waals surface area (Å²) in [5.41, 5.74) is 7.43. The highest BCUT2D eigenvalue weighted by atomic mass is 15.1. The largest absolute Gasteiger partial charge is 0.384 e. The van der Waals surface area contributed by atoms with E-state index in [-0.39, 0.29) is 5.84 Å². The number of nitrogens with two attached hydrogens (primary N) is 1. The monoisotopic (exact) mass is 224 g/mol. The molecule has 0 atom stereocenters. The molecule has 0 saturated heterocycles.